The van der Waals surface area contributed by atoms with E-state index >= 15 is 0 Å². The summed E-state index contributed by atoms with van der Waals surface area (Å²) < 4.78 is 61.2. The second-order valence-corrected chi connectivity index (χ2v) is 29.3. The molecule has 16 nitrogen and oxygen atoms in total. The Balaban J connectivity index is 4.64. The predicted molar refractivity (Wildman–Crippen MR) is 444 cm³/mol. The summed E-state index contributed by atoms with van der Waals surface area (Å²) in [6.45, 7) is 2.27. The Morgan fingerprint density at radius 3 is 0.738 bits per heavy atom. The van der Waals surface area contributed by atoms with Crippen molar-refractivity contribution < 1.29 is 75.8 Å². The van der Waals surface area contributed by atoms with Gasteiger partial charge in [0.2, 0.25) is 0 Å². The lowest BCUT2D eigenvalue weighted by Gasteiger charge is -2.21. The van der Waals surface area contributed by atoms with Crippen LogP contribution in [-0.4, -0.2) is 95.9 Å². The van der Waals surface area contributed by atoms with E-state index in [0.717, 1.165) is 199 Å². The lowest BCUT2D eigenvalue weighted by molar-refractivity contribution is -0.161. The number of aliphatic hydroxyl groups is 2. The Hall–Kier alpha value is -5.61. The van der Waals surface area contributed by atoms with E-state index in [1.54, 1.807) is 0 Å². The molecular formula is C89H144O16P2. The van der Waals surface area contributed by atoms with Gasteiger partial charge in [-0.3, -0.25) is 32.5 Å². The Morgan fingerprint density at radius 2 is 0.467 bits per heavy atom. The molecule has 0 bridgehead atoms. The second-order valence-electron chi connectivity index (χ2n) is 26.4. The summed E-state index contributed by atoms with van der Waals surface area (Å²) in [5, 5.41) is 20.7. The van der Waals surface area contributed by atoms with Crippen LogP contribution in [0.4, 0.5) is 0 Å². The van der Waals surface area contributed by atoms with Crippen molar-refractivity contribution in [3.05, 3.63) is 194 Å². The van der Waals surface area contributed by atoms with Crippen LogP contribution in [0.3, 0.4) is 0 Å². The van der Waals surface area contributed by atoms with E-state index in [0.29, 0.717) is 19.3 Å². The van der Waals surface area contributed by atoms with Crippen LogP contribution in [-0.2, 0) is 55.8 Å². The van der Waals surface area contributed by atoms with Gasteiger partial charge in [-0.05, 0) is 161 Å². The number of unbranched alkanes of at least 4 members (excludes halogenated alkanes) is 20. The lowest BCUT2D eigenvalue weighted by Crippen LogP contribution is -2.30. The van der Waals surface area contributed by atoms with E-state index in [2.05, 4.69) is 215 Å². The Morgan fingerprint density at radius 1 is 0.262 bits per heavy atom. The minimum atomic E-state index is -4.95. The van der Waals surface area contributed by atoms with E-state index in [9.17, 15) is 43.5 Å². The first kappa shape index (κ1) is 101. The van der Waals surface area contributed by atoms with Crippen molar-refractivity contribution in [3.8, 4) is 0 Å². The molecule has 0 amide bonds. The van der Waals surface area contributed by atoms with Crippen molar-refractivity contribution in [2.24, 2.45) is 0 Å². The van der Waals surface area contributed by atoms with Crippen LogP contribution >= 0.6 is 15.6 Å². The number of rotatable bonds is 75. The predicted octanol–water partition coefficient (Wildman–Crippen LogP) is 24.3. The highest BCUT2D eigenvalue weighted by atomic mass is 31.2. The summed E-state index contributed by atoms with van der Waals surface area (Å²) in [5.74, 6) is -1.63. The van der Waals surface area contributed by atoms with Gasteiger partial charge in [0, 0.05) is 19.3 Å². The topological polar surface area (TPSA) is 231 Å². The monoisotopic (exact) mass is 1530 g/mol. The fourth-order valence-corrected chi connectivity index (χ4v) is 11.8. The summed E-state index contributed by atoms with van der Waals surface area (Å²) in [6.07, 6.45) is 105. The molecule has 0 aromatic rings. The van der Waals surface area contributed by atoms with E-state index in [1.165, 1.54) is 32.1 Å². The fraction of sp³-hybridized carbons (Fsp3) is 0.607. The number of hydrogen-bond donors (Lipinski definition) is 4. The van der Waals surface area contributed by atoms with Gasteiger partial charge in [0.15, 0.2) is 6.10 Å². The Kier molecular flexibility index (Phi) is 75.7. The van der Waals surface area contributed by atoms with Gasteiger partial charge in [-0.1, -0.05) is 305 Å². The van der Waals surface area contributed by atoms with Gasteiger partial charge in [-0.2, -0.15) is 0 Å². The summed E-state index contributed by atoms with van der Waals surface area (Å²) in [4.78, 5) is 58.8. The Labute approximate surface area is 648 Å². The molecular weight excluding hydrogens is 1390 g/mol. The van der Waals surface area contributed by atoms with Crippen LogP contribution in [0.1, 0.15) is 290 Å². The number of ether oxygens (including phenoxy) is 3. The zero-order valence-corrected chi connectivity index (χ0v) is 68.0. The number of carbonyl (C=O) groups is 3. The van der Waals surface area contributed by atoms with E-state index in [1.807, 2.05) is 0 Å². The molecule has 0 radical (unpaired) electrons. The summed E-state index contributed by atoms with van der Waals surface area (Å²) in [5.41, 5.74) is 0. The van der Waals surface area contributed by atoms with Crippen molar-refractivity contribution in [1.29, 1.82) is 0 Å². The molecule has 0 aliphatic carbocycles. The minimum absolute atomic E-state index is 0.0654. The zero-order chi connectivity index (χ0) is 78.0. The molecule has 0 aromatic carbocycles. The van der Waals surface area contributed by atoms with E-state index in [-0.39, 0.29) is 19.3 Å². The fourth-order valence-electron chi connectivity index (χ4n) is 10.2. The van der Waals surface area contributed by atoms with Crippen molar-refractivity contribution in [1.82, 2.24) is 0 Å². The Bertz CT molecular complexity index is 2720. The van der Waals surface area contributed by atoms with Crippen molar-refractivity contribution in [2.75, 3.05) is 39.6 Å². The highest BCUT2D eigenvalue weighted by Gasteiger charge is 2.29. The van der Waals surface area contributed by atoms with Crippen LogP contribution in [0, 0.1) is 0 Å². The number of hydrogen-bond acceptors (Lipinski definition) is 14. The maximum atomic E-state index is 13.0. The molecule has 18 heteroatoms. The molecule has 0 fully saturated rings. The number of phosphoric ester groups is 2. The van der Waals surface area contributed by atoms with Crippen LogP contribution in [0.25, 0.3) is 0 Å². The molecule has 606 valence electrons. The molecule has 0 spiro atoms. The summed E-state index contributed by atoms with van der Waals surface area (Å²) >= 11 is 0. The third-order valence-corrected chi connectivity index (χ3v) is 18.2. The van der Waals surface area contributed by atoms with Gasteiger partial charge in [0.05, 0.1) is 26.4 Å². The maximum absolute atomic E-state index is 13.0. The second kappa shape index (κ2) is 79.9. The number of carbonyl (C=O) groups excluding carboxylic acids is 3. The first-order chi connectivity index (χ1) is 52.2. The third kappa shape index (κ3) is 81.2. The summed E-state index contributed by atoms with van der Waals surface area (Å²) in [7, 11) is -9.82. The average molecular weight is 1530 g/mol. The molecule has 4 N–H and O–H groups in total. The van der Waals surface area contributed by atoms with Crippen LogP contribution < -0.4 is 0 Å². The average Bonchev–Trinajstić information content (AvgIpc) is 0.908. The largest absolute Gasteiger partial charge is 0.472 e. The number of esters is 3. The first-order valence-corrected chi connectivity index (χ1v) is 43.7. The maximum Gasteiger partial charge on any atom is 0.472 e. The first-order valence-electron chi connectivity index (χ1n) is 40.7. The molecule has 5 unspecified atom stereocenters. The van der Waals surface area contributed by atoms with Gasteiger partial charge in [0.25, 0.3) is 0 Å². The number of phosphoric acid groups is 2. The van der Waals surface area contributed by atoms with E-state index in [4.69, 9.17) is 32.3 Å². The molecule has 0 heterocycles. The van der Waals surface area contributed by atoms with Crippen LogP contribution in [0.15, 0.2) is 194 Å². The SMILES string of the molecule is CC/C=C\C/C=C\C/C=C\C/C=C\C/C=C\C/C=C\CCCCCCCCCCCCC(=O)OCC(O)COP(=O)(O)OCC(O)COP(=O)(O)OCC(COC(=O)CCCCCCCC/C=C\C/C=C\C/C=C\C/C=C\C/C=C\C/C=C\CC)OC(=O)CCCCCC/C=C\C/C=C\C/C=C\C/C=C\CC. The van der Waals surface area contributed by atoms with Gasteiger partial charge >= 0.3 is 33.6 Å². The molecule has 5 atom stereocenters. The molecule has 0 rings (SSSR count). The molecule has 0 saturated heterocycles. The molecule has 0 saturated carbocycles. The van der Waals surface area contributed by atoms with Crippen molar-refractivity contribution in [3.63, 3.8) is 0 Å². The number of aliphatic hydroxyl groups excluding tert-OH is 2. The third-order valence-electron chi connectivity index (χ3n) is 16.3. The smallest absolute Gasteiger partial charge is 0.463 e. The number of allylic oxidation sites excluding steroid dienone is 32. The molecule has 107 heavy (non-hydrogen) atoms. The molecule has 0 aromatic heterocycles. The normalized spacial score (nSPS) is 14.9. The standard InChI is InChI=1S/C89H144O16P2/c1-4-7-10-13-16-19-22-25-28-31-33-35-37-39-40-41-42-44-46-47-49-52-54-57-60-63-66-69-72-75-87(92)99-78-84(90)79-101-106(95,96)102-80-85(91)81-103-107(97,98)104-83-86(105-89(94)77-74-71-68-65-62-59-56-51-30-27-24-21-18-15-12-9-6-3)82-100-88(93)76-73-70-67-64-61-58-55-53-50-48-45-43-38-36-34-32-29-26-23-20-17-14-11-8-5-2/h7-12,16-21,25-30,33-36,39-40,42-45,50,53,56,59,84-86,90-91H,4-6,13-15,22-24,31-32,37-38,41,46-49,51-52,54-55,57-58,60-83H2,1-3H3,(H,95,96)(H,97,98)/b10-7-,11-8-,12-9-,19-16-,20-17-,21-18-,28-25-,29-26-,30-27-,35-33-,36-34-,40-39-,44-42-,45-43-,53-50-,59-56-. The summed E-state index contributed by atoms with van der Waals surface area (Å²) in [6, 6.07) is 0. The van der Waals surface area contributed by atoms with Gasteiger partial charge in [-0.25, -0.2) is 9.13 Å². The quantitative estimate of drug-likeness (QED) is 0.0146. The van der Waals surface area contributed by atoms with Crippen LogP contribution in [0.5, 0.6) is 0 Å². The zero-order valence-electron chi connectivity index (χ0n) is 66.2. The van der Waals surface area contributed by atoms with Crippen LogP contribution in [0.2, 0.25) is 0 Å². The van der Waals surface area contributed by atoms with Gasteiger partial charge < -0.3 is 34.2 Å². The van der Waals surface area contributed by atoms with Crippen molar-refractivity contribution >= 4 is 33.6 Å². The molecule has 0 aliphatic rings. The molecule has 0 aliphatic heterocycles. The highest BCUT2D eigenvalue weighted by Crippen LogP contribution is 2.45. The van der Waals surface area contributed by atoms with Crippen molar-refractivity contribution in [2.45, 2.75) is 309 Å². The van der Waals surface area contributed by atoms with E-state index < -0.39 is 91.5 Å². The van der Waals surface area contributed by atoms with Gasteiger partial charge in [-0.15, -0.1) is 0 Å². The lowest BCUT2D eigenvalue weighted by atomic mass is 10.1. The van der Waals surface area contributed by atoms with Gasteiger partial charge in [0.1, 0.15) is 25.4 Å². The highest BCUT2D eigenvalue weighted by molar-refractivity contribution is 7.47. The minimum Gasteiger partial charge on any atom is -0.463 e.